The summed E-state index contributed by atoms with van der Waals surface area (Å²) in [5, 5.41) is 0.157. The molecule has 52 valence electrons. The van der Waals surface area contributed by atoms with Crippen molar-refractivity contribution in [2.45, 2.75) is 20.3 Å². The van der Waals surface area contributed by atoms with Crippen LogP contribution in [0.5, 0.6) is 0 Å². The minimum atomic E-state index is -0.385. The second-order valence-electron chi connectivity index (χ2n) is 1.51. The van der Waals surface area contributed by atoms with Gasteiger partial charge in [-0.2, -0.15) is 0 Å². The molecular formula is C6H9ClO2. The Hall–Kier alpha value is -0.500. The molecule has 0 rings (SSSR count). The highest BCUT2D eigenvalue weighted by Gasteiger charge is 1.94. The molecule has 0 aromatic rings. The molecule has 0 unspecified atom stereocenters. The molecule has 3 heteroatoms. The van der Waals surface area contributed by atoms with E-state index in [1.807, 2.05) is 6.92 Å². The fourth-order valence-corrected chi connectivity index (χ4v) is 0.602. The first-order valence-corrected chi connectivity index (χ1v) is 3.08. The van der Waals surface area contributed by atoms with Gasteiger partial charge in [0.25, 0.3) is 0 Å². The maximum absolute atomic E-state index is 10.2. The SMILES string of the molecule is CC/C=C(\Cl)OC(C)=O. The Morgan fingerprint density at radius 3 is 2.67 bits per heavy atom. The Morgan fingerprint density at radius 2 is 2.33 bits per heavy atom. The van der Waals surface area contributed by atoms with Crippen LogP contribution >= 0.6 is 11.6 Å². The predicted molar refractivity (Wildman–Crippen MR) is 36.0 cm³/mol. The van der Waals surface area contributed by atoms with Gasteiger partial charge in [-0.1, -0.05) is 6.92 Å². The molecule has 0 N–H and O–H groups in total. The summed E-state index contributed by atoms with van der Waals surface area (Å²) in [5.74, 6) is -0.385. The first kappa shape index (κ1) is 8.50. The molecule has 0 amide bonds. The summed E-state index contributed by atoms with van der Waals surface area (Å²) < 4.78 is 4.48. The molecule has 0 spiro atoms. The second-order valence-corrected chi connectivity index (χ2v) is 1.88. The number of carbonyl (C=O) groups is 1. The van der Waals surface area contributed by atoms with Gasteiger partial charge in [0.15, 0.2) is 5.22 Å². The van der Waals surface area contributed by atoms with Crippen molar-refractivity contribution >= 4 is 17.6 Å². The molecule has 0 saturated carbocycles. The van der Waals surface area contributed by atoms with Crippen molar-refractivity contribution in [2.75, 3.05) is 0 Å². The lowest BCUT2D eigenvalue weighted by molar-refractivity contribution is -0.135. The summed E-state index contributed by atoms with van der Waals surface area (Å²) in [6, 6.07) is 0. The van der Waals surface area contributed by atoms with E-state index in [4.69, 9.17) is 11.6 Å². The van der Waals surface area contributed by atoms with Crippen molar-refractivity contribution in [3.05, 3.63) is 11.3 Å². The zero-order valence-electron chi connectivity index (χ0n) is 5.48. The van der Waals surface area contributed by atoms with E-state index < -0.39 is 0 Å². The van der Waals surface area contributed by atoms with E-state index in [1.165, 1.54) is 6.92 Å². The average Bonchev–Trinajstić information content (AvgIpc) is 1.63. The molecule has 2 nitrogen and oxygen atoms in total. The van der Waals surface area contributed by atoms with Gasteiger partial charge < -0.3 is 4.74 Å². The molecule has 0 radical (unpaired) electrons. The number of carbonyl (C=O) groups excluding carboxylic acids is 1. The minimum Gasteiger partial charge on any atom is -0.415 e. The monoisotopic (exact) mass is 148 g/mol. The molecule has 0 aliphatic heterocycles. The van der Waals surface area contributed by atoms with Crippen LogP contribution in [0, 0.1) is 0 Å². The number of hydrogen-bond donors (Lipinski definition) is 0. The first-order valence-electron chi connectivity index (χ1n) is 2.71. The zero-order chi connectivity index (χ0) is 7.28. The molecule has 0 bridgehead atoms. The largest absolute Gasteiger partial charge is 0.415 e. The van der Waals surface area contributed by atoms with Gasteiger partial charge in [-0.25, -0.2) is 0 Å². The molecule has 0 aliphatic carbocycles. The van der Waals surface area contributed by atoms with Crippen LogP contribution in [0.3, 0.4) is 0 Å². The zero-order valence-corrected chi connectivity index (χ0v) is 6.23. The predicted octanol–water partition coefficient (Wildman–Crippen LogP) is 2.04. The Bertz CT molecular complexity index is 129. The number of allylic oxidation sites excluding steroid dienone is 1. The van der Waals surface area contributed by atoms with Gasteiger partial charge in [0.2, 0.25) is 0 Å². The number of esters is 1. The summed E-state index contributed by atoms with van der Waals surface area (Å²) in [7, 11) is 0. The highest BCUT2D eigenvalue weighted by molar-refractivity contribution is 6.28. The summed E-state index contributed by atoms with van der Waals surface area (Å²) in [6.45, 7) is 3.22. The molecule has 0 saturated heterocycles. The molecule has 0 fully saturated rings. The third kappa shape index (κ3) is 5.37. The van der Waals surface area contributed by atoms with E-state index >= 15 is 0 Å². The Balaban J connectivity index is 3.62. The lowest BCUT2D eigenvalue weighted by Crippen LogP contribution is -1.93. The van der Waals surface area contributed by atoms with Crippen LogP contribution in [0.15, 0.2) is 11.3 Å². The number of halogens is 1. The topological polar surface area (TPSA) is 26.3 Å². The normalized spacial score (nSPS) is 11.2. The second kappa shape index (κ2) is 4.39. The van der Waals surface area contributed by atoms with E-state index in [-0.39, 0.29) is 11.2 Å². The van der Waals surface area contributed by atoms with Gasteiger partial charge in [-0.15, -0.1) is 0 Å². The van der Waals surface area contributed by atoms with E-state index in [9.17, 15) is 4.79 Å². The molecule has 0 heterocycles. The lowest BCUT2D eigenvalue weighted by Gasteiger charge is -1.94. The minimum absolute atomic E-state index is 0.157. The summed E-state index contributed by atoms with van der Waals surface area (Å²) in [5.41, 5.74) is 0. The van der Waals surface area contributed by atoms with Crippen molar-refractivity contribution < 1.29 is 9.53 Å². The van der Waals surface area contributed by atoms with Crippen LogP contribution < -0.4 is 0 Å². The smallest absolute Gasteiger partial charge is 0.308 e. The van der Waals surface area contributed by atoms with E-state index in [0.717, 1.165) is 6.42 Å². The Morgan fingerprint density at radius 1 is 1.78 bits per heavy atom. The molecule has 0 aliphatic rings. The number of rotatable bonds is 2. The highest BCUT2D eigenvalue weighted by atomic mass is 35.5. The number of hydrogen-bond acceptors (Lipinski definition) is 2. The van der Waals surface area contributed by atoms with Crippen LogP contribution in [0.25, 0.3) is 0 Å². The van der Waals surface area contributed by atoms with Crippen LogP contribution in [0.1, 0.15) is 20.3 Å². The van der Waals surface area contributed by atoms with Crippen molar-refractivity contribution in [1.82, 2.24) is 0 Å². The number of ether oxygens (including phenoxy) is 1. The van der Waals surface area contributed by atoms with Crippen LogP contribution in [-0.2, 0) is 9.53 Å². The summed E-state index contributed by atoms with van der Waals surface area (Å²) >= 11 is 5.39. The molecule has 0 aromatic heterocycles. The third-order valence-corrected chi connectivity index (χ3v) is 0.837. The fourth-order valence-electron chi connectivity index (χ4n) is 0.339. The van der Waals surface area contributed by atoms with Gasteiger partial charge in [0.1, 0.15) is 0 Å². The van der Waals surface area contributed by atoms with Gasteiger partial charge in [0, 0.05) is 6.92 Å². The van der Waals surface area contributed by atoms with Crippen LogP contribution in [0.4, 0.5) is 0 Å². The first-order chi connectivity index (χ1) is 4.16. The molecule has 0 atom stereocenters. The van der Waals surface area contributed by atoms with E-state index in [1.54, 1.807) is 6.08 Å². The molecule has 0 aromatic carbocycles. The standard InChI is InChI=1S/C6H9ClO2/c1-3-4-6(7)9-5(2)8/h4H,3H2,1-2H3/b6-4+. The van der Waals surface area contributed by atoms with Crippen molar-refractivity contribution in [3.8, 4) is 0 Å². The van der Waals surface area contributed by atoms with Gasteiger partial charge in [-0.3, -0.25) is 4.79 Å². The van der Waals surface area contributed by atoms with Crippen LogP contribution in [-0.4, -0.2) is 5.97 Å². The quantitative estimate of drug-likeness (QED) is 0.443. The Labute approximate surface area is 59.5 Å². The third-order valence-electron chi connectivity index (χ3n) is 0.606. The van der Waals surface area contributed by atoms with Crippen molar-refractivity contribution in [3.63, 3.8) is 0 Å². The van der Waals surface area contributed by atoms with E-state index in [2.05, 4.69) is 4.74 Å². The maximum Gasteiger partial charge on any atom is 0.308 e. The van der Waals surface area contributed by atoms with Crippen molar-refractivity contribution in [2.24, 2.45) is 0 Å². The summed E-state index contributed by atoms with van der Waals surface area (Å²) in [6.07, 6.45) is 2.40. The van der Waals surface area contributed by atoms with Gasteiger partial charge in [-0.05, 0) is 24.1 Å². The highest BCUT2D eigenvalue weighted by Crippen LogP contribution is 2.03. The fraction of sp³-hybridized carbons (Fsp3) is 0.500. The van der Waals surface area contributed by atoms with E-state index in [0.29, 0.717) is 0 Å². The molecule has 9 heavy (non-hydrogen) atoms. The molecular weight excluding hydrogens is 140 g/mol. The summed E-state index contributed by atoms with van der Waals surface area (Å²) in [4.78, 5) is 10.2. The van der Waals surface area contributed by atoms with Crippen molar-refractivity contribution in [1.29, 1.82) is 0 Å². The maximum atomic E-state index is 10.2. The van der Waals surface area contributed by atoms with Crippen LogP contribution in [0.2, 0.25) is 0 Å². The Kier molecular flexibility index (Phi) is 4.14. The lowest BCUT2D eigenvalue weighted by atomic mass is 10.5. The average molecular weight is 149 g/mol. The van der Waals surface area contributed by atoms with Gasteiger partial charge >= 0.3 is 5.97 Å². The van der Waals surface area contributed by atoms with Gasteiger partial charge in [0.05, 0.1) is 0 Å².